The molecule has 1 amide bonds. The highest BCUT2D eigenvalue weighted by Gasteiger charge is 2.22. The Kier molecular flexibility index (Phi) is 8.33. The minimum absolute atomic E-state index is 0.0988. The number of hydrogen-bond acceptors (Lipinski definition) is 4. The summed E-state index contributed by atoms with van der Waals surface area (Å²) < 4.78 is 16.7. The minimum atomic E-state index is -0.531. The Morgan fingerprint density at radius 3 is 2.39 bits per heavy atom. The third kappa shape index (κ3) is 6.12. The zero-order chi connectivity index (χ0) is 27.8. The number of anilines is 3. The third-order valence-corrected chi connectivity index (χ3v) is 7.29. The van der Waals surface area contributed by atoms with Gasteiger partial charge in [-0.15, -0.1) is 0 Å². The van der Waals surface area contributed by atoms with Gasteiger partial charge in [-0.25, -0.2) is 9.37 Å². The van der Waals surface area contributed by atoms with Gasteiger partial charge in [0.25, 0.3) is 0 Å². The quantitative estimate of drug-likeness (QED) is 0.200. The van der Waals surface area contributed by atoms with E-state index in [9.17, 15) is 9.18 Å². The maximum atomic E-state index is 15.0. The Labute approximate surface area is 240 Å². The largest absolute Gasteiger partial charge is 0.380 e. The van der Waals surface area contributed by atoms with Crippen LogP contribution in [0.3, 0.4) is 0 Å². The van der Waals surface area contributed by atoms with E-state index < -0.39 is 11.2 Å². The number of fused-ring (bicyclic) bond motifs is 1. The highest BCUT2D eigenvalue weighted by atomic mass is 35.5. The van der Waals surface area contributed by atoms with Gasteiger partial charge in [-0.3, -0.25) is 4.79 Å². The summed E-state index contributed by atoms with van der Waals surface area (Å²) in [6.45, 7) is 5.92. The maximum Gasteiger partial charge on any atom is 0.225 e. The number of halogens is 5. The molecule has 200 valence electrons. The number of carbonyl (C=O) groups excluding carboxylic acids is 1. The number of rotatable bonds is 7. The molecule has 0 saturated carbocycles. The summed E-state index contributed by atoms with van der Waals surface area (Å²) in [6.07, 6.45) is 0. The molecule has 0 saturated heterocycles. The second kappa shape index (κ2) is 11.2. The second-order valence-corrected chi connectivity index (χ2v) is 11.5. The van der Waals surface area contributed by atoms with Crippen molar-refractivity contribution in [2.24, 2.45) is 12.5 Å². The van der Waals surface area contributed by atoms with Crippen molar-refractivity contribution < 1.29 is 9.18 Å². The molecule has 0 aliphatic rings. The number of aryl methyl sites for hydroxylation is 1. The van der Waals surface area contributed by atoms with Crippen LogP contribution in [0.1, 0.15) is 31.9 Å². The van der Waals surface area contributed by atoms with Crippen LogP contribution in [0.2, 0.25) is 20.1 Å². The van der Waals surface area contributed by atoms with Crippen molar-refractivity contribution in [1.82, 2.24) is 14.9 Å². The average Bonchev–Trinajstić information content (AvgIpc) is 3.14. The molecule has 0 radical (unpaired) electrons. The molecule has 0 unspecified atom stereocenters. The molecule has 3 aromatic carbocycles. The Hall–Kier alpha value is -2.71. The topological polar surface area (TPSA) is 71.0 Å². The van der Waals surface area contributed by atoms with E-state index in [-0.39, 0.29) is 19.0 Å². The van der Waals surface area contributed by atoms with Crippen molar-refractivity contribution in [2.75, 3.05) is 10.6 Å². The van der Waals surface area contributed by atoms with Gasteiger partial charge in [-0.05, 0) is 35.9 Å². The molecular weight excluding hydrogens is 571 g/mol. The summed E-state index contributed by atoms with van der Waals surface area (Å²) in [7, 11) is 1.76. The zero-order valence-corrected chi connectivity index (χ0v) is 24.2. The van der Waals surface area contributed by atoms with E-state index in [0.717, 1.165) is 0 Å². The van der Waals surface area contributed by atoms with Crippen LogP contribution in [0.4, 0.5) is 21.7 Å². The number of amides is 1. The third-order valence-electron chi connectivity index (χ3n) is 5.98. The van der Waals surface area contributed by atoms with E-state index in [2.05, 4.69) is 20.9 Å². The fourth-order valence-corrected chi connectivity index (χ4v) is 4.61. The van der Waals surface area contributed by atoms with Gasteiger partial charge < -0.3 is 20.5 Å². The first-order chi connectivity index (χ1) is 17.8. The van der Waals surface area contributed by atoms with Gasteiger partial charge in [0, 0.05) is 42.2 Å². The fraction of sp³-hybridized carbons (Fsp3) is 0.259. The van der Waals surface area contributed by atoms with Gasteiger partial charge in [0.1, 0.15) is 5.82 Å². The predicted octanol–water partition coefficient (Wildman–Crippen LogP) is 8.34. The van der Waals surface area contributed by atoms with Gasteiger partial charge in [0.2, 0.25) is 11.9 Å². The molecule has 11 heteroatoms. The number of nitrogens with one attached hydrogen (secondary N) is 3. The van der Waals surface area contributed by atoms with Crippen molar-refractivity contribution in [2.45, 2.75) is 33.9 Å². The van der Waals surface area contributed by atoms with Crippen molar-refractivity contribution in [1.29, 1.82) is 0 Å². The fourth-order valence-electron chi connectivity index (χ4n) is 3.73. The van der Waals surface area contributed by atoms with E-state index in [1.54, 1.807) is 48.0 Å². The van der Waals surface area contributed by atoms with Crippen LogP contribution in [-0.4, -0.2) is 15.5 Å². The first-order valence-electron chi connectivity index (χ1n) is 11.7. The lowest BCUT2D eigenvalue weighted by Crippen LogP contribution is -2.34. The molecule has 4 aromatic rings. The van der Waals surface area contributed by atoms with Crippen LogP contribution < -0.4 is 16.0 Å². The Morgan fingerprint density at radius 2 is 1.68 bits per heavy atom. The highest BCUT2D eigenvalue weighted by Crippen LogP contribution is 2.36. The molecule has 0 aliphatic heterocycles. The number of aromatic nitrogens is 2. The number of imidazole rings is 1. The molecular formula is C27H26Cl4FN5O. The summed E-state index contributed by atoms with van der Waals surface area (Å²) >= 11 is 25.4. The van der Waals surface area contributed by atoms with Crippen LogP contribution >= 0.6 is 46.4 Å². The lowest BCUT2D eigenvalue weighted by molar-refractivity contribution is -0.128. The first kappa shape index (κ1) is 28.3. The highest BCUT2D eigenvalue weighted by molar-refractivity contribution is 6.39. The molecule has 0 spiro atoms. The molecule has 4 rings (SSSR count). The van der Waals surface area contributed by atoms with Gasteiger partial charge in [0.15, 0.2) is 0 Å². The van der Waals surface area contributed by atoms with Crippen LogP contribution in [0.15, 0.2) is 42.5 Å². The van der Waals surface area contributed by atoms with Gasteiger partial charge in [-0.2, -0.15) is 0 Å². The van der Waals surface area contributed by atoms with Crippen LogP contribution in [-0.2, 0) is 24.9 Å². The summed E-state index contributed by atoms with van der Waals surface area (Å²) in [4.78, 5) is 16.9. The molecule has 6 nitrogen and oxygen atoms in total. The van der Waals surface area contributed by atoms with Gasteiger partial charge in [-0.1, -0.05) is 73.2 Å². The summed E-state index contributed by atoms with van der Waals surface area (Å²) in [5.74, 6) is -0.0780. The number of carbonyl (C=O) groups is 1. The molecule has 0 aliphatic carbocycles. The zero-order valence-electron chi connectivity index (χ0n) is 21.1. The van der Waals surface area contributed by atoms with Crippen molar-refractivity contribution in [3.63, 3.8) is 0 Å². The Balaban J connectivity index is 1.59. The maximum absolute atomic E-state index is 15.0. The van der Waals surface area contributed by atoms with Crippen LogP contribution in [0.5, 0.6) is 0 Å². The molecule has 1 aromatic heterocycles. The van der Waals surface area contributed by atoms with Crippen molar-refractivity contribution in [3.05, 3.63) is 79.5 Å². The lowest BCUT2D eigenvalue weighted by atomic mass is 9.95. The number of nitrogens with zero attached hydrogens (tertiary/aromatic N) is 2. The molecule has 38 heavy (non-hydrogen) atoms. The van der Waals surface area contributed by atoms with E-state index in [0.29, 0.717) is 59.6 Å². The lowest BCUT2D eigenvalue weighted by Gasteiger charge is -2.19. The predicted molar refractivity (Wildman–Crippen MR) is 156 cm³/mol. The van der Waals surface area contributed by atoms with E-state index in [4.69, 9.17) is 46.4 Å². The minimum Gasteiger partial charge on any atom is -0.380 e. The summed E-state index contributed by atoms with van der Waals surface area (Å²) in [6, 6.07) is 11.6. The molecule has 0 atom stereocenters. The van der Waals surface area contributed by atoms with E-state index >= 15 is 0 Å². The molecule has 0 bridgehead atoms. The molecule has 3 N–H and O–H groups in total. The van der Waals surface area contributed by atoms with Crippen LogP contribution in [0.25, 0.3) is 11.0 Å². The first-order valence-corrected chi connectivity index (χ1v) is 13.2. The second-order valence-electron chi connectivity index (χ2n) is 9.86. The average molecular weight is 597 g/mol. The SMILES string of the molecule is Cn1c(Nc2c(Cl)ccc(CNC(=O)C(C)(C)C)c2Cl)nc2cc(CNc3cc(Cl)ccc3Cl)c(F)cc21. The molecule has 0 fully saturated rings. The summed E-state index contributed by atoms with van der Waals surface area (Å²) in [5.41, 5.74) is 2.76. The smallest absolute Gasteiger partial charge is 0.225 e. The van der Waals surface area contributed by atoms with Gasteiger partial charge >= 0.3 is 0 Å². The number of benzene rings is 3. The summed E-state index contributed by atoms with van der Waals surface area (Å²) in [5, 5.41) is 10.9. The van der Waals surface area contributed by atoms with Crippen LogP contribution in [0, 0.1) is 11.2 Å². The van der Waals surface area contributed by atoms with Gasteiger partial charge in [0.05, 0.1) is 37.5 Å². The standard InChI is InChI=1S/C27H26Cl4FN5O/c1-27(2,3)25(38)34-12-14-5-7-18(30)24(23(14)31)36-26-35-21-9-15(19(32)11-22(21)37(26)4)13-33-20-10-16(28)6-8-17(20)29/h5-11,33H,12-13H2,1-4H3,(H,34,38)(H,35,36). The van der Waals surface area contributed by atoms with E-state index in [1.807, 2.05) is 20.8 Å². The van der Waals surface area contributed by atoms with Crippen molar-refractivity contribution >= 4 is 80.7 Å². The monoisotopic (exact) mass is 595 g/mol. The van der Waals surface area contributed by atoms with Crippen molar-refractivity contribution in [3.8, 4) is 0 Å². The molecule has 1 heterocycles. The number of hydrogen-bond donors (Lipinski definition) is 3. The van der Waals surface area contributed by atoms with E-state index in [1.165, 1.54) is 6.07 Å². The Morgan fingerprint density at radius 1 is 0.974 bits per heavy atom. The Bertz CT molecular complexity index is 1530. The normalized spacial score (nSPS) is 11.6.